The van der Waals surface area contributed by atoms with Crippen molar-refractivity contribution in [1.29, 1.82) is 5.26 Å². The van der Waals surface area contributed by atoms with Gasteiger partial charge in [-0.2, -0.15) is 5.26 Å². The van der Waals surface area contributed by atoms with Crippen LogP contribution in [-0.2, 0) is 0 Å². The average Bonchev–Trinajstić information content (AvgIpc) is 2.79. The minimum absolute atomic E-state index is 0.106. The van der Waals surface area contributed by atoms with Gasteiger partial charge in [0.25, 0.3) is 5.91 Å². The van der Waals surface area contributed by atoms with Gasteiger partial charge in [0.15, 0.2) is 11.5 Å². The predicted molar refractivity (Wildman–Crippen MR) is 108 cm³/mol. The fourth-order valence-electron chi connectivity index (χ4n) is 3.67. The molecule has 0 saturated heterocycles. The van der Waals surface area contributed by atoms with Crippen molar-refractivity contribution in [2.24, 2.45) is 0 Å². The van der Waals surface area contributed by atoms with Crippen molar-refractivity contribution in [3.63, 3.8) is 0 Å². The smallest absolute Gasteiger partial charge is 0.262 e. The number of carbonyl (C=O) groups excluding carboxylic acids is 1. The minimum atomic E-state index is -0.423. The normalized spacial score (nSPS) is 17.1. The van der Waals surface area contributed by atoms with E-state index >= 15 is 0 Å². The molecule has 1 unspecified atom stereocenters. The molecule has 1 atom stereocenters. The molecule has 6 nitrogen and oxygen atoms in total. The molecule has 2 heterocycles. The summed E-state index contributed by atoms with van der Waals surface area (Å²) < 4.78 is 11.3. The molecule has 0 saturated carbocycles. The van der Waals surface area contributed by atoms with Gasteiger partial charge < -0.3 is 14.8 Å². The number of anilines is 2. The lowest BCUT2D eigenvalue weighted by Crippen LogP contribution is -2.43. The molecule has 1 N–H and O–H groups in total. The Hall–Kier alpha value is -3.98. The van der Waals surface area contributed by atoms with E-state index < -0.39 is 6.17 Å². The lowest BCUT2D eigenvalue weighted by Gasteiger charge is -2.38. The van der Waals surface area contributed by atoms with E-state index in [-0.39, 0.29) is 5.91 Å². The fourth-order valence-corrected chi connectivity index (χ4v) is 3.67. The Kier molecular flexibility index (Phi) is 4.07. The molecular weight excluding hydrogens is 366 g/mol. The summed E-state index contributed by atoms with van der Waals surface area (Å²) in [5, 5.41) is 12.6. The van der Waals surface area contributed by atoms with Crippen LogP contribution in [0.15, 0.2) is 66.7 Å². The number of ether oxygens (including phenoxy) is 2. The molecule has 29 heavy (non-hydrogen) atoms. The maximum absolute atomic E-state index is 13.5. The first-order valence-electron chi connectivity index (χ1n) is 9.33. The van der Waals surface area contributed by atoms with Gasteiger partial charge in [-0.25, -0.2) is 0 Å². The summed E-state index contributed by atoms with van der Waals surface area (Å²) in [7, 11) is 0. The van der Waals surface area contributed by atoms with Gasteiger partial charge in [0.1, 0.15) is 19.4 Å². The van der Waals surface area contributed by atoms with Gasteiger partial charge in [-0.3, -0.25) is 9.69 Å². The minimum Gasteiger partial charge on any atom is -0.486 e. The van der Waals surface area contributed by atoms with Crippen LogP contribution < -0.4 is 19.7 Å². The third-order valence-electron chi connectivity index (χ3n) is 5.09. The number of fused-ring (bicyclic) bond motifs is 2. The highest BCUT2D eigenvalue weighted by atomic mass is 16.6. The summed E-state index contributed by atoms with van der Waals surface area (Å²) in [5.41, 5.74) is 3.53. The van der Waals surface area contributed by atoms with E-state index in [0.29, 0.717) is 41.5 Å². The lowest BCUT2D eigenvalue weighted by molar-refractivity contribution is 0.0974. The van der Waals surface area contributed by atoms with Crippen LogP contribution in [0.25, 0.3) is 0 Å². The third-order valence-corrected chi connectivity index (χ3v) is 5.09. The van der Waals surface area contributed by atoms with Gasteiger partial charge in [0.05, 0.1) is 22.9 Å². The van der Waals surface area contributed by atoms with Gasteiger partial charge in [-0.05, 0) is 42.0 Å². The molecule has 1 amide bonds. The van der Waals surface area contributed by atoms with Crippen LogP contribution in [0.5, 0.6) is 11.5 Å². The number of rotatable bonds is 2. The second kappa shape index (κ2) is 6.88. The zero-order valence-electron chi connectivity index (χ0n) is 15.5. The molecule has 142 valence electrons. The number of nitriles is 1. The molecule has 0 fully saturated rings. The van der Waals surface area contributed by atoms with E-state index in [1.54, 1.807) is 17.0 Å². The Labute approximate surface area is 167 Å². The standard InChI is InChI=1S/C23H17N3O3/c24-14-15-5-7-16(8-6-15)22-25-19-4-2-1-3-18(19)23(27)26(22)17-9-10-20-21(13-17)29-12-11-28-20/h1-10,13,22,25H,11-12H2. The van der Waals surface area contributed by atoms with Crippen molar-refractivity contribution in [3.8, 4) is 17.6 Å². The first-order valence-corrected chi connectivity index (χ1v) is 9.33. The number of amides is 1. The number of hydrogen-bond donors (Lipinski definition) is 1. The Balaban J connectivity index is 1.62. The lowest BCUT2D eigenvalue weighted by atomic mass is 10.0. The Morgan fingerprint density at radius 2 is 1.72 bits per heavy atom. The molecule has 0 aromatic heterocycles. The summed E-state index contributed by atoms with van der Waals surface area (Å²) in [4.78, 5) is 15.2. The highest BCUT2D eigenvalue weighted by molar-refractivity contribution is 6.12. The van der Waals surface area contributed by atoms with Crippen LogP contribution in [0.1, 0.15) is 27.7 Å². The van der Waals surface area contributed by atoms with Gasteiger partial charge in [0, 0.05) is 11.8 Å². The molecule has 5 rings (SSSR count). The van der Waals surface area contributed by atoms with Crippen LogP contribution in [-0.4, -0.2) is 19.1 Å². The molecule has 3 aromatic carbocycles. The van der Waals surface area contributed by atoms with Crippen LogP contribution >= 0.6 is 0 Å². The van der Waals surface area contributed by atoms with Gasteiger partial charge in [0.2, 0.25) is 0 Å². The van der Waals surface area contributed by atoms with E-state index in [1.165, 1.54) is 0 Å². The summed E-state index contributed by atoms with van der Waals surface area (Å²) in [6.07, 6.45) is -0.423. The fraction of sp³-hybridized carbons (Fsp3) is 0.130. The number of carbonyl (C=O) groups is 1. The van der Waals surface area contributed by atoms with Crippen LogP contribution in [0, 0.1) is 11.3 Å². The van der Waals surface area contributed by atoms with Gasteiger partial charge in [-0.1, -0.05) is 24.3 Å². The highest BCUT2D eigenvalue weighted by Gasteiger charge is 2.34. The molecule has 2 aliphatic heterocycles. The van der Waals surface area contributed by atoms with Gasteiger partial charge in [-0.15, -0.1) is 0 Å². The quantitative estimate of drug-likeness (QED) is 0.721. The second-order valence-electron chi connectivity index (χ2n) is 6.83. The monoisotopic (exact) mass is 383 g/mol. The third kappa shape index (κ3) is 2.93. The van der Waals surface area contributed by atoms with E-state index in [1.807, 2.05) is 54.6 Å². The van der Waals surface area contributed by atoms with Crippen LogP contribution in [0.2, 0.25) is 0 Å². The van der Waals surface area contributed by atoms with Crippen molar-refractivity contribution in [2.75, 3.05) is 23.4 Å². The maximum Gasteiger partial charge on any atom is 0.262 e. The average molecular weight is 383 g/mol. The Bertz CT molecular complexity index is 1130. The number of para-hydroxylation sites is 1. The maximum atomic E-state index is 13.5. The number of benzene rings is 3. The van der Waals surface area contributed by atoms with Crippen molar-refractivity contribution >= 4 is 17.3 Å². The van der Waals surface area contributed by atoms with E-state index in [2.05, 4.69) is 11.4 Å². The van der Waals surface area contributed by atoms with Crippen molar-refractivity contribution < 1.29 is 14.3 Å². The summed E-state index contributed by atoms with van der Waals surface area (Å²) in [6, 6.07) is 22.3. The molecule has 0 radical (unpaired) electrons. The molecule has 0 bridgehead atoms. The Morgan fingerprint density at radius 1 is 0.966 bits per heavy atom. The van der Waals surface area contributed by atoms with E-state index in [4.69, 9.17) is 14.7 Å². The zero-order valence-corrected chi connectivity index (χ0v) is 15.5. The first-order chi connectivity index (χ1) is 14.2. The van der Waals surface area contributed by atoms with E-state index in [9.17, 15) is 4.79 Å². The van der Waals surface area contributed by atoms with E-state index in [0.717, 1.165) is 11.3 Å². The topological polar surface area (TPSA) is 74.6 Å². The Morgan fingerprint density at radius 3 is 2.52 bits per heavy atom. The number of nitrogens with zero attached hydrogens (tertiary/aromatic N) is 2. The number of hydrogen-bond acceptors (Lipinski definition) is 5. The summed E-state index contributed by atoms with van der Waals surface area (Å²) in [5.74, 6) is 1.19. The SMILES string of the molecule is N#Cc1ccc(C2Nc3ccccc3C(=O)N2c2ccc3c(c2)OCCO3)cc1. The molecule has 0 spiro atoms. The molecular formula is C23H17N3O3. The molecule has 6 heteroatoms. The van der Waals surface area contributed by atoms with Crippen molar-refractivity contribution in [2.45, 2.75) is 6.17 Å². The largest absolute Gasteiger partial charge is 0.486 e. The predicted octanol–water partition coefficient (Wildman–Crippen LogP) is 4.10. The van der Waals surface area contributed by atoms with Crippen LogP contribution in [0.3, 0.4) is 0 Å². The first kappa shape index (κ1) is 17.1. The molecule has 3 aromatic rings. The highest BCUT2D eigenvalue weighted by Crippen LogP contribution is 2.40. The molecule has 0 aliphatic carbocycles. The van der Waals surface area contributed by atoms with Crippen molar-refractivity contribution in [1.82, 2.24) is 0 Å². The second-order valence-corrected chi connectivity index (χ2v) is 6.83. The molecule has 2 aliphatic rings. The summed E-state index contributed by atoms with van der Waals surface area (Å²) >= 11 is 0. The zero-order chi connectivity index (χ0) is 19.8. The number of nitrogens with one attached hydrogen (secondary N) is 1. The van der Waals surface area contributed by atoms with Crippen molar-refractivity contribution in [3.05, 3.63) is 83.4 Å². The van der Waals surface area contributed by atoms with Crippen LogP contribution in [0.4, 0.5) is 11.4 Å². The van der Waals surface area contributed by atoms with Gasteiger partial charge >= 0.3 is 0 Å². The summed E-state index contributed by atoms with van der Waals surface area (Å²) in [6.45, 7) is 0.988.